The van der Waals surface area contributed by atoms with Gasteiger partial charge >= 0.3 is 0 Å². The minimum Gasteiger partial charge on any atom is -0.398 e. The van der Waals surface area contributed by atoms with E-state index in [1.807, 2.05) is 0 Å². The molecule has 0 heterocycles. The van der Waals surface area contributed by atoms with E-state index in [1.165, 1.54) is 32.1 Å². The van der Waals surface area contributed by atoms with Gasteiger partial charge in [0.1, 0.15) is 0 Å². The number of nitrogens with one attached hydrogen (secondary N) is 1. The highest BCUT2D eigenvalue weighted by atomic mass is 35.5. The lowest BCUT2D eigenvalue weighted by atomic mass is 9.87. The van der Waals surface area contributed by atoms with Gasteiger partial charge in [-0.2, -0.15) is 0 Å². The monoisotopic (exact) mass is 266 g/mol. The average Bonchev–Trinajstić information content (AvgIpc) is 2.35. The van der Waals surface area contributed by atoms with E-state index in [-0.39, 0.29) is 5.91 Å². The van der Waals surface area contributed by atoms with Crippen LogP contribution in [0.1, 0.15) is 38.5 Å². The fourth-order valence-electron chi connectivity index (χ4n) is 2.47. The molecule has 2 rings (SSSR count). The summed E-state index contributed by atoms with van der Waals surface area (Å²) in [5.74, 6) is 0.616. The third-order valence-corrected chi connectivity index (χ3v) is 3.81. The first-order valence-corrected chi connectivity index (χ1v) is 6.88. The van der Waals surface area contributed by atoms with E-state index in [4.69, 9.17) is 17.3 Å². The van der Waals surface area contributed by atoms with Gasteiger partial charge in [-0.25, -0.2) is 0 Å². The maximum Gasteiger partial charge on any atom is 0.224 e. The smallest absolute Gasteiger partial charge is 0.224 e. The number of benzene rings is 1. The van der Waals surface area contributed by atoms with E-state index in [9.17, 15) is 4.79 Å². The molecule has 0 spiro atoms. The van der Waals surface area contributed by atoms with E-state index in [0.717, 1.165) is 5.69 Å². The van der Waals surface area contributed by atoms with Crippen LogP contribution in [-0.2, 0) is 4.79 Å². The molecule has 0 bridgehead atoms. The van der Waals surface area contributed by atoms with Gasteiger partial charge in [-0.15, -0.1) is 0 Å². The molecule has 4 heteroatoms. The minimum atomic E-state index is 0.0720. The molecule has 3 nitrogen and oxygen atoms in total. The summed E-state index contributed by atoms with van der Waals surface area (Å²) < 4.78 is 0. The van der Waals surface area contributed by atoms with Gasteiger partial charge in [-0.1, -0.05) is 30.9 Å². The molecule has 1 aliphatic carbocycles. The first-order chi connectivity index (χ1) is 8.65. The second-order valence-corrected chi connectivity index (χ2v) is 5.40. The van der Waals surface area contributed by atoms with Crippen LogP contribution in [0.25, 0.3) is 0 Å². The normalized spacial score (nSPS) is 16.5. The van der Waals surface area contributed by atoms with Crippen molar-refractivity contribution in [3.8, 4) is 0 Å². The molecule has 1 saturated carbocycles. The number of hydrogen-bond donors (Lipinski definition) is 2. The molecule has 0 unspecified atom stereocenters. The molecule has 3 N–H and O–H groups in total. The zero-order chi connectivity index (χ0) is 13.0. The number of amides is 1. The Morgan fingerprint density at radius 2 is 2.06 bits per heavy atom. The Bertz CT molecular complexity index is 428. The van der Waals surface area contributed by atoms with Gasteiger partial charge in [0, 0.05) is 12.1 Å². The zero-order valence-electron chi connectivity index (χ0n) is 10.4. The van der Waals surface area contributed by atoms with Crippen molar-refractivity contribution >= 4 is 28.9 Å². The Kier molecular flexibility index (Phi) is 4.48. The lowest BCUT2D eigenvalue weighted by Crippen LogP contribution is -2.18. The molecule has 0 aromatic heterocycles. The van der Waals surface area contributed by atoms with E-state index >= 15 is 0 Å². The third kappa shape index (κ3) is 3.64. The maximum atomic E-state index is 11.9. The van der Waals surface area contributed by atoms with Gasteiger partial charge in [-0.05, 0) is 37.0 Å². The van der Waals surface area contributed by atoms with Crippen molar-refractivity contribution in [1.82, 2.24) is 0 Å². The summed E-state index contributed by atoms with van der Waals surface area (Å²) in [6.45, 7) is 0. The van der Waals surface area contributed by atoms with Gasteiger partial charge < -0.3 is 11.1 Å². The summed E-state index contributed by atoms with van der Waals surface area (Å²) in [7, 11) is 0. The van der Waals surface area contributed by atoms with Crippen LogP contribution < -0.4 is 11.1 Å². The van der Waals surface area contributed by atoms with Crippen LogP contribution in [0.5, 0.6) is 0 Å². The zero-order valence-corrected chi connectivity index (χ0v) is 11.2. The fraction of sp³-hybridized carbons (Fsp3) is 0.500. The number of halogens is 1. The van der Waals surface area contributed by atoms with Gasteiger partial charge in [0.2, 0.25) is 5.91 Å². The third-order valence-electron chi connectivity index (χ3n) is 3.48. The molecule has 0 radical (unpaired) electrons. The van der Waals surface area contributed by atoms with Gasteiger partial charge in [0.05, 0.1) is 10.7 Å². The van der Waals surface area contributed by atoms with Crippen molar-refractivity contribution in [3.63, 3.8) is 0 Å². The summed E-state index contributed by atoms with van der Waals surface area (Å²) in [6, 6.07) is 5.17. The first-order valence-electron chi connectivity index (χ1n) is 6.50. The van der Waals surface area contributed by atoms with Crippen molar-refractivity contribution in [2.24, 2.45) is 5.92 Å². The van der Waals surface area contributed by atoms with Crippen molar-refractivity contribution in [3.05, 3.63) is 23.2 Å². The Balaban J connectivity index is 1.88. The highest BCUT2D eigenvalue weighted by Gasteiger charge is 2.17. The number of hydrogen-bond acceptors (Lipinski definition) is 2. The Hall–Kier alpha value is -1.22. The van der Waals surface area contributed by atoms with Gasteiger partial charge in [-0.3, -0.25) is 4.79 Å². The van der Waals surface area contributed by atoms with E-state index in [0.29, 0.717) is 23.0 Å². The Morgan fingerprint density at radius 1 is 1.33 bits per heavy atom. The predicted molar refractivity (Wildman–Crippen MR) is 75.7 cm³/mol. The summed E-state index contributed by atoms with van der Waals surface area (Å²) in [5.41, 5.74) is 6.87. The van der Waals surface area contributed by atoms with Crippen molar-refractivity contribution in [1.29, 1.82) is 0 Å². The van der Waals surface area contributed by atoms with Crippen molar-refractivity contribution in [2.75, 3.05) is 11.1 Å². The molecule has 0 aliphatic heterocycles. The standard InChI is InChI=1S/C14H19ClN2O/c15-12-9-11(6-7-13(12)16)17-14(18)8-10-4-2-1-3-5-10/h6-7,9-10H,1-5,8,16H2,(H,17,18). The maximum absolute atomic E-state index is 11.9. The van der Waals surface area contributed by atoms with E-state index < -0.39 is 0 Å². The summed E-state index contributed by atoms with van der Waals surface area (Å²) in [5, 5.41) is 3.36. The lowest BCUT2D eigenvalue weighted by molar-refractivity contribution is -0.117. The molecule has 18 heavy (non-hydrogen) atoms. The molecular weight excluding hydrogens is 248 g/mol. The van der Waals surface area contributed by atoms with Crippen molar-refractivity contribution in [2.45, 2.75) is 38.5 Å². The van der Waals surface area contributed by atoms with Crippen molar-refractivity contribution < 1.29 is 4.79 Å². The van der Waals surface area contributed by atoms with Gasteiger partial charge in [0.25, 0.3) is 0 Å². The second kappa shape index (κ2) is 6.10. The number of rotatable bonds is 3. The molecule has 1 aliphatic rings. The first kappa shape index (κ1) is 13.2. The molecule has 0 atom stereocenters. The molecule has 1 amide bonds. The predicted octanol–water partition coefficient (Wildman–Crippen LogP) is 3.83. The number of anilines is 2. The summed E-state index contributed by atoms with van der Waals surface area (Å²) in [6.07, 6.45) is 6.79. The quantitative estimate of drug-likeness (QED) is 0.817. The average molecular weight is 267 g/mol. The Morgan fingerprint density at radius 3 is 2.72 bits per heavy atom. The summed E-state index contributed by atoms with van der Waals surface area (Å²) in [4.78, 5) is 11.9. The molecule has 1 fully saturated rings. The molecule has 1 aromatic carbocycles. The van der Waals surface area contributed by atoms with Crippen LogP contribution in [0, 0.1) is 5.92 Å². The van der Waals surface area contributed by atoms with Crippen LogP contribution in [0.4, 0.5) is 11.4 Å². The van der Waals surface area contributed by atoms with Gasteiger partial charge in [0.15, 0.2) is 0 Å². The molecule has 0 saturated heterocycles. The van der Waals surface area contributed by atoms with Crippen LogP contribution in [-0.4, -0.2) is 5.91 Å². The van der Waals surface area contributed by atoms with Crippen LogP contribution in [0.15, 0.2) is 18.2 Å². The molecule has 98 valence electrons. The van der Waals surface area contributed by atoms with E-state index in [1.54, 1.807) is 18.2 Å². The van der Waals surface area contributed by atoms with Crippen LogP contribution >= 0.6 is 11.6 Å². The van der Waals surface area contributed by atoms with Crippen LogP contribution in [0.2, 0.25) is 5.02 Å². The number of carbonyl (C=O) groups is 1. The summed E-state index contributed by atoms with van der Waals surface area (Å²) >= 11 is 5.91. The van der Waals surface area contributed by atoms with E-state index in [2.05, 4.69) is 5.32 Å². The highest BCUT2D eigenvalue weighted by molar-refractivity contribution is 6.33. The minimum absolute atomic E-state index is 0.0720. The SMILES string of the molecule is Nc1ccc(NC(=O)CC2CCCCC2)cc1Cl. The Labute approximate surface area is 113 Å². The molecular formula is C14H19ClN2O. The fourth-order valence-corrected chi connectivity index (χ4v) is 2.65. The number of nitrogen functional groups attached to an aromatic ring is 1. The number of carbonyl (C=O) groups excluding carboxylic acids is 1. The highest BCUT2D eigenvalue weighted by Crippen LogP contribution is 2.27. The number of nitrogens with two attached hydrogens (primary N) is 1. The lowest BCUT2D eigenvalue weighted by Gasteiger charge is -2.20. The molecule has 1 aromatic rings. The topological polar surface area (TPSA) is 55.1 Å². The largest absolute Gasteiger partial charge is 0.398 e. The van der Waals surface area contributed by atoms with Crippen LogP contribution in [0.3, 0.4) is 0 Å². The second-order valence-electron chi connectivity index (χ2n) is 4.99.